The number of amides is 1. The molecule has 1 aliphatic rings. The van der Waals surface area contributed by atoms with Crippen LogP contribution in [0, 0.1) is 6.92 Å². The predicted octanol–water partition coefficient (Wildman–Crippen LogP) is 3.01. The van der Waals surface area contributed by atoms with E-state index in [0.717, 1.165) is 29.7 Å². The van der Waals surface area contributed by atoms with Gasteiger partial charge in [0.25, 0.3) is 0 Å². The molecule has 1 amide bonds. The number of benzene rings is 1. The first kappa shape index (κ1) is 15.8. The summed E-state index contributed by atoms with van der Waals surface area (Å²) < 4.78 is 5.32. The number of ether oxygens (including phenoxy) is 1. The fraction of sp³-hybridized carbons (Fsp3) is 0.588. The maximum atomic E-state index is 12.5. The zero-order valence-electron chi connectivity index (χ0n) is 13.6. The van der Waals surface area contributed by atoms with Gasteiger partial charge in [0.05, 0.1) is 13.2 Å². The maximum absolute atomic E-state index is 12.5. The number of nitrogens with one attached hydrogen (secondary N) is 1. The van der Waals surface area contributed by atoms with Gasteiger partial charge < -0.3 is 9.64 Å². The Morgan fingerprint density at radius 3 is 2.71 bits per heavy atom. The summed E-state index contributed by atoms with van der Waals surface area (Å²) in [6.45, 7) is 8.25. The second kappa shape index (κ2) is 6.48. The van der Waals surface area contributed by atoms with E-state index in [2.05, 4.69) is 25.2 Å². The van der Waals surface area contributed by atoms with Crippen LogP contribution in [0.5, 0.6) is 5.75 Å². The molecule has 3 unspecified atom stereocenters. The molecule has 1 heterocycles. The van der Waals surface area contributed by atoms with Gasteiger partial charge in [0, 0.05) is 6.04 Å². The average molecular weight is 290 g/mol. The SMILES string of the molecule is CCCC(C)N1C(=O)C(C)NC1c1ccc(OC)c(C)c1. The van der Waals surface area contributed by atoms with Crippen molar-refractivity contribution < 1.29 is 9.53 Å². The Morgan fingerprint density at radius 1 is 1.43 bits per heavy atom. The fourth-order valence-electron chi connectivity index (χ4n) is 3.10. The molecule has 0 saturated carbocycles. The number of hydrogen-bond acceptors (Lipinski definition) is 3. The number of hydrogen-bond donors (Lipinski definition) is 1. The van der Waals surface area contributed by atoms with Crippen LogP contribution >= 0.6 is 0 Å². The smallest absolute Gasteiger partial charge is 0.241 e. The van der Waals surface area contributed by atoms with Crippen LogP contribution in [0.25, 0.3) is 0 Å². The third-order valence-corrected chi connectivity index (χ3v) is 4.23. The molecular formula is C17H26N2O2. The molecule has 0 bridgehead atoms. The monoisotopic (exact) mass is 290 g/mol. The van der Waals surface area contributed by atoms with Crippen molar-refractivity contribution in [1.82, 2.24) is 10.2 Å². The minimum absolute atomic E-state index is 0.0429. The van der Waals surface area contributed by atoms with Gasteiger partial charge in [-0.3, -0.25) is 10.1 Å². The van der Waals surface area contributed by atoms with Crippen molar-refractivity contribution in [3.05, 3.63) is 29.3 Å². The maximum Gasteiger partial charge on any atom is 0.241 e. The van der Waals surface area contributed by atoms with E-state index in [9.17, 15) is 4.79 Å². The van der Waals surface area contributed by atoms with Gasteiger partial charge in [-0.2, -0.15) is 0 Å². The number of rotatable bonds is 5. The lowest BCUT2D eigenvalue weighted by Gasteiger charge is -2.31. The molecule has 1 aliphatic heterocycles. The van der Waals surface area contributed by atoms with Crippen LogP contribution in [-0.4, -0.2) is 30.0 Å². The van der Waals surface area contributed by atoms with Gasteiger partial charge >= 0.3 is 0 Å². The van der Waals surface area contributed by atoms with Crippen molar-refractivity contribution >= 4 is 5.91 Å². The molecule has 116 valence electrons. The minimum Gasteiger partial charge on any atom is -0.496 e. The molecule has 21 heavy (non-hydrogen) atoms. The van der Waals surface area contributed by atoms with Crippen molar-refractivity contribution in [2.24, 2.45) is 0 Å². The van der Waals surface area contributed by atoms with Gasteiger partial charge in [0.15, 0.2) is 0 Å². The molecule has 1 saturated heterocycles. The van der Waals surface area contributed by atoms with Gasteiger partial charge in [0.1, 0.15) is 11.9 Å². The number of methoxy groups -OCH3 is 1. The van der Waals surface area contributed by atoms with Crippen LogP contribution in [0.3, 0.4) is 0 Å². The van der Waals surface area contributed by atoms with Gasteiger partial charge in [0.2, 0.25) is 5.91 Å². The third kappa shape index (κ3) is 3.05. The van der Waals surface area contributed by atoms with Gasteiger partial charge in [-0.25, -0.2) is 0 Å². The van der Waals surface area contributed by atoms with E-state index in [1.54, 1.807) is 7.11 Å². The van der Waals surface area contributed by atoms with E-state index < -0.39 is 0 Å². The summed E-state index contributed by atoms with van der Waals surface area (Å²) in [5.41, 5.74) is 2.21. The van der Waals surface area contributed by atoms with E-state index in [4.69, 9.17) is 4.74 Å². The first-order chi connectivity index (χ1) is 9.99. The highest BCUT2D eigenvalue weighted by Crippen LogP contribution is 2.31. The molecule has 2 rings (SSSR count). The molecule has 4 nitrogen and oxygen atoms in total. The lowest BCUT2D eigenvalue weighted by molar-refractivity contribution is -0.131. The van der Waals surface area contributed by atoms with Crippen molar-refractivity contribution in [2.45, 2.75) is 58.8 Å². The molecule has 1 fully saturated rings. The van der Waals surface area contributed by atoms with E-state index >= 15 is 0 Å². The summed E-state index contributed by atoms with van der Waals surface area (Å²) in [5.74, 6) is 1.07. The Labute approximate surface area is 127 Å². The van der Waals surface area contributed by atoms with Crippen LogP contribution in [0.2, 0.25) is 0 Å². The third-order valence-electron chi connectivity index (χ3n) is 4.23. The van der Waals surface area contributed by atoms with Gasteiger partial charge in [-0.15, -0.1) is 0 Å². The normalized spacial score (nSPS) is 23.5. The quantitative estimate of drug-likeness (QED) is 0.906. The van der Waals surface area contributed by atoms with Crippen molar-refractivity contribution in [1.29, 1.82) is 0 Å². The molecule has 0 spiro atoms. The zero-order valence-corrected chi connectivity index (χ0v) is 13.6. The van der Waals surface area contributed by atoms with Crippen molar-refractivity contribution in [2.75, 3.05) is 7.11 Å². The highest BCUT2D eigenvalue weighted by Gasteiger charge is 2.39. The lowest BCUT2D eigenvalue weighted by atomic mass is 10.1. The lowest BCUT2D eigenvalue weighted by Crippen LogP contribution is -2.38. The Bertz CT molecular complexity index is 516. The molecule has 4 heteroatoms. The molecule has 0 aliphatic carbocycles. The number of carbonyl (C=O) groups excluding carboxylic acids is 1. The average Bonchev–Trinajstić information content (AvgIpc) is 2.75. The summed E-state index contributed by atoms with van der Waals surface area (Å²) in [4.78, 5) is 14.4. The minimum atomic E-state index is -0.128. The second-order valence-corrected chi connectivity index (χ2v) is 5.90. The summed E-state index contributed by atoms with van der Waals surface area (Å²) in [5, 5.41) is 3.41. The van der Waals surface area contributed by atoms with Crippen LogP contribution in [0.4, 0.5) is 0 Å². The molecule has 1 N–H and O–H groups in total. The van der Waals surface area contributed by atoms with Gasteiger partial charge in [-0.1, -0.05) is 19.4 Å². The van der Waals surface area contributed by atoms with E-state index in [1.807, 2.05) is 30.9 Å². The molecule has 1 aromatic carbocycles. The first-order valence-electron chi connectivity index (χ1n) is 7.72. The van der Waals surface area contributed by atoms with E-state index in [-0.39, 0.29) is 24.2 Å². The summed E-state index contributed by atoms with van der Waals surface area (Å²) in [6, 6.07) is 6.24. The van der Waals surface area contributed by atoms with E-state index in [1.165, 1.54) is 0 Å². The summed E-state index contributed by atoms with van der Waals surface area (Å²) in [7, 11) is 1.68. The number of aryl methyl sites for hydroxylation is 1. The molecule has 3 atom stereocenters. The second-order valence-electron chi connectivity index (χ2n) is 5.90. The van der Waals surface area contributed by atoms with Crippen LogP contribution in [-0.2, 0) is 4.79 Å². The fourth-order valence-corrected chi connectivity index (χ4v) is 3.10. The topological polar surface area (TPSA) is 41.6 Å². The van der Waals surface area contributed by atoms with Crippen molar-refractivity contribution in [3.8, 4) is 5.75 Å². The molecule has 1 aromatic rings. The standard InChI is InChI=1S/C17H26N2O2/c1-6-7-12(3)19-16(18-13(4)17(19)20)14-8-9-15(21-5)11(2)10-14/h8-10,12-13,16,18H,6-7H2,1-5H3. The summed E-state index contributed by atoms with van der Waals surface area (Å²) in [6.07, 6.45) is 2.05. The van der Waals surface area contributed by atoms with Crippen molar-refractivity contribution in [3.63, 3.8) is 0 Å². The Hall–Kier alpha value is -1.55. The number of carbonyl (C=O) groups is 1. The highest BCUT2D eigenvalue weighted by molar-refractivity contribution is 5.84. The Kier molecular flexibility index (Phi) is 4.88. The highest BCUT2D eigenvalue weighted by atomic mass is 16.5. The molecular weight excluding hydrogens is 264 g/mol. The Morgan fingerprint density at radius 2 is 2.14 bits per heavy atom. The predicted molar refractivity (Wildman–Crippen MR) is 84.3 cm³/mol. The van der Waals surface area contributed by atoms with Crippen LogP contribution in [0.1, 0.15) is 50.9 Å². The zero-order chi connectivity index (χ0) is 15.6. The number of nitrogens with zero attached hydrogens (tertiary/aromatic N) is 1. The Balaban J connectivity index is 2.31. The summed E-state index contributed by atoms with van der Waals surface area (Å²) >= 11 is 0. The largest absolute Gasteiger partial charge is 0.496 e. The first-order valence-corrected chi connectivity index (χ1v) is 7.72. The van der Waals surface area contributed by atoms with Crippen LogP contribution in [0.15, 0.2) is 18.2 Å². The van der Waals surface area contributed by atoms with Gasteiger partial charge in [-0.05, 0) is 50.5 Å². The molecule has 0 radical (unpaired) electrons. The molecule has 0 aromatic heterocycles. The van der Waals surface area contributed by atoms with E-state index in [0.29, 0.717) is 0 Å². The van der Waals surface area contributed by atoms with Crippen LogP contribution < -0.4 is 10.1 Å².